The minimum absolute atomic E-state index is 0.0188. The SMILES string of the molecule is COc1ccc(-n2cccn2)c(-c2c(-c3ccccc3)ncn2CC(N)=O)c1. The van der Waals surface area contributed by atoms with E-state index in [-0.39, 0.29) is 6.54 Å². The lowest BCUT2D eigenvalue weighted by Gasteiger charge is -2.15. The Kier molecular flexibility index (Phi) is 4.63. The first kappa shape index (κ1) is 17.5. The van der Waals surface area contributed by atoms with Crippen LogP contribution in [0.15, 0.2) is 73.3 Å². The van der Waals surface area contributed by atoms with Crippen molar-refractivity contribution in [2.45, 2.75) is 6.54 Å². The Morgan fingerprint density at radius 3 is 2.64 bits per heavy atom. The fourth-order valence-corrected chi connectivity index (χ4v) is 3.20. The zero-order valence-electron chi connectivity index (χ0n) is 15.3. The van der Waals surface area contributed by atoms with E-state index >= 15 is 0 Å². The topological polar surface area (TPSA) is 88.0 Å². The predicted octanol–water partition coefficient (Wildman–Crippen LogP) is 2.90. The lowest BCUT2D eigenvalue weighted by molar-refractivity contribution is -0.118. The maximum Gasteiger partial charge on any atom is 0.237 e. The third-order valence-corrected chi connectivity index (χ3v) is 4.42. The van der Waals surface area contributed by atoms with Crippen LogP contribution in [-0.2, 0) is 11.3 Å². The number of nitrogens with zero attached hydrogens (tertiary/aromatic N) is 4. The Balaban J connectivity index is 2.00. The van der Waals surface area contributed by atoms with Crippen molar-refractivity contribution in [3.8, 4) is 34.0 Å². The van der Waals surface area contributed by atoms with Crippen LogP contribution in [0.5, 0.6) is 5.75 Å². The summed E-state index contributed by atoms with van der Waals surface area (Å²) >= 11 is 0. The quantitative estimate of drug-likeness (QED) is 0.563. The van der Waals surface area contributed by atoms with E-state index in [1.807, 2.05) is 60.8 Å². The molecule has 0 saturated heterocycles. The number of hydrogen-bond donors (Lipinski definition) is 1. The first-order valence-corrected chi connectivity index (χ1v) is 8.74. The molecular formula is C21H19N5O2. The third kappa shape index (κ3) is 3.25. The van der Waals surface area contributed by atoms with Crippen molar-refractivity contribution in [2.75, 3.05) is 7.11 Å². The van der Waals surface area contributed by atoms with Gasteiger partial charge in [0.25, 0.3) is 0 Å². The highest BCUT2D eigenvalue weighted by molar-refractivity contribution is 5.85. The zero-order chi connectivity index (χ0) is 19.5. The molecule has 4 rings (SSSR count). The van der Waals surface area contributed by atoms with Crippen LogP contribution in [0.2, 0.25) is 0 Å². The summed E-state index contributed by atoms with van der Waals surface area (Å²) in [4.78, 5) is 16.2. The van der Waals surface area contributed by atoms with Crippen molar-refractivity contribution >= 4 is 5.91 Å². The molecule has 0 bridgehead atoms. The Bertz CT molecular complexity index is 1100. The number of carbonyl (C=O) groups excluding carboxylic acids is 1. The van der Waals surface area contributed by atoms with Crippen LogP contribution in [0, 0.1) is 0 Å². The Morgan fingerprint density at radius 1 is 1.14 bits per heavy atom. The van der Waals surface area contributed by atoms with Gasteiger partial charge in [-0.1, -0.05) is 30.3 Å². The molecule has 0 unspecified atom stereocenters. The largest absolute Gasteiger partial charge is 0.497 e. The number of amides is 1. The molecule has 140 valence electrons. The minimum atomic E-state index is -0.443. The van der Waals surface area contributed by atoms with Crippen LogP contribution in [0.25, 0.3) is 28.2 Å². The second kappa shape index (κ2) is 7.40. The highest BCUT2D eigenvalue weighted by Gasteiger charge is 2.20. The molecule has 2 aromatic carbocycles. The van der Waals surface area contributed by atoms with E-state index in [4.69, 9.17) is 10.5 Å². The average Bonchev–Trinajstić information content (AvgIpc) is 3.38. The number of aromatic nitrogens is 4. The summed E-state index contributed by atoms with van der Waals surface area (Å²) in [5.41, 5.74) is 9.62. The molecule has 0 saturated carbocycles. The molecule has 0 aliphatic rings. The van der Waals surface area contributed by atoms with E-state index in [1.54, 1.807) is 28.9 Å². The average molecular weight is 373 g/mol. The van der Waals surface area contributed by atoms with Gasteiger partial charge in [0.05, 0.1) is 30.5 Å². The number of hydrogen-bond acceptors (Lipinski definition) is 4. The molecule has 0 radical (unpaired) electrons. The Hall–Kier alpha value is -3.87. The summed E-state index contributed by atoms with van der Waals surface area (Å²) < 4.78 is 8.97. The van der Waals surface area contributed by atoms with Crippen molar-refractivity contribution in [1.82, 2.24) is 19.3 Å². The molecule has 2 aromatic heterocycles. The number of nitrogens with two attached hydrogens (primary N) is 1. The van der Waals surface area contributed by atoms with Gasteiger partial charge < -0.3 is 15.0 Å². The lowest BCUT2D eigenvalue weighted by Crippen LogP contribution is -2.19. The fraction of sp³-hybridized carbons (Fsp3) is 0.0952. The van der Waals surface area contributed by atoms with E-state index < -0.39 is 5.91 Å². The monoisotopic (exact) mass is 373 g/mol. The van der Waals surface area contributed by atoms with Crippen molar-refractivity contribution in [3.63, 3.8) is 0 Å². The molecule has 0 spiro atoms. The second-order valence-electron chi connectivity index (χ2n) is 6.24. The van der Waals surface area contributed by atoms with Crippen LogP contribution in [0.4, 0.5) is 0 Å². The summed E-state index contributed by atoms with van der Waals surface area (Å²) in [6.07, 6.45) is 5.21. The second-order valence-corrected chi connectivity index (χ2v) is 6.24. The molecule has 0 fully saturated rings. The smallest absolute Gasteiger partial charge is 0.237 e. The highest BCUT2D eigenvalue weighted by atomic mass is 16.5. The number of ether oxygens (including phenoxy) is 1. The molecule has 0 aliphatic heterocycles. The van der Waals surface area contributed by atoms with Gasteiger partial charge in [0.1, 0.15) is 12.3 Å². The van der Waals surface area contributed by atoms with Crippen LogP contribution in [0.1, 0.15) is 0 Å². The fourth-order valence-electron chi connectivity index (χ4n) is 3.20. The first-order chi connectivity index (χ1) is 13.7. The van der Waals surface area contributed by atoms with Crippen LogP contribution < -0.4 is 10.5 Å². The van der Waals surface area contributed by atoms with Crippen molar-refractivity contribution in [1.29, 1.82) is 0 Å². The molecule has 28 heavy (non-hydrogen) atoms. The van der Waals surface area contributed by atoms with Gasteiger partial charge in [-0.25, -0.2) is 9.67 Å². The predicted molar refractivity (Wildman–Crippen MR) is 106 cm³/mol. The molecule has 2 N–H and O–H groups in total. The van der Waals surface area contributed by atoms with E-state index in [1.165, 1.54) is 0 Å². The summed E-state index contributed by atoms with van der Waals surface area (Å²) in [6.45, 7) is 0.0188. The van der Waals surface area contributed by atoms with E-state index in [0.29, 0.717) is 5.75 Å². The standard InChI is InChI=1S/C21H19N5O2/c1-28-16-8-9-18(26-11-5-10-24-26)17(12-16)21-20(15-6-3-2-4-7-15)23-14-25(21)13-19(22)27/h2-12,14H,13H2,1H3,(H2,22,27). The molecular weight excluding hydrogens is 354 g/mol. The molecule has 4 aromatic rings. The maximum absolute atomic E-state index is 11.7. The molecule has 2 heterocycles. The van der Waals surface area contributed by atoms with Crippen molar-refractivity contribution < 1.29 is 9.53 Å². The van der Waals surface area contributed by atoms with Gasteiger partial charge in [0.15, 0.2) is 0 Å². The normalized spacial score (nSPS) is 10.8. The number of benzene rings is 2. The van der Waals surface area contributed by atoms with Gasteiger partial charge in [-0.05, 0) is 24.3 Å². The van der Waals surface area contributed by atoms with Gasteiger partial charge in [-0.3, -0.25) is 4.79 Å². The summed E-state index contributed by atoms with van der Waals surface area (Å²) in [6, 6.07) is 17.4. The minimum Gasteiger partial charge on any atom is -0.497 e. The molecule has 0 aliphatic carbocycles. The van der Waals surface area contributed by atoms with E-state index in [0.717, 1.165) is 28.2 Å². The number of rotatable bonds is 6. The van der Waals surface area contributed by atoms with Crippen molar-refractivity contribution in [2.24, 2.45) is 5.73 Å². The molecule has 1 amide bonds. The third-order valence-electron chi connectivity index (χ3n) is 4.42. The van der Waals surface area contributed by atoms with E-state index in [2.05, 4.69) is 10.1 Å². The van der Waals surface area contributed by atoms with Gasteiger partial charge in [-0.15, -0.1) is 0 Å². The Labute approximate surface area is 162 Å². The molecule has 0 atom stereocenters. The number of carbonyl (C=O) groups is 1. The Morgan fingerprint density at radius 2 is 1.96 bits per heavy atom. The van der Waals surface area contributed by atoms with Gasteiger partial charge in [-0.2, -0.15) is 5.10 Å². The number of primary amides is 1. The van der Waals surface area contributed by atoms with Crippen LogP contribution in [0.3, 0.4) is 0 Å². The van der Waals surface area contributed by atoms with Crippen LogP contribution >= 0.6 is 0 Å². The van der Waals surface area contributed by atoms with Gasteiger partial charge in [0, 0.05) is 23.5 Å². The van der Waals surface area contributed by atoms with Crippen molar-refractivity contribution in [3.05, 3.63) is 73.3 Å². The molecule has 7 nitrogen and oxygen atoms in total. The summed E-state index contributed by atoms with van der Waals surface area (Å²) in [5.74, 6) is 0.249. The molecule has 7 heteroatoms. The lowest BCUT2D eigenvalue weighted by atomic mass is 10.0. The van der Waals surface area contributed by atoms with Gasteiger partial charge >= 0.3 is 0 Å². The highest BCUT2D eigenvalue weighted by Crippen LogP contribution is 2.36. The zero-order valence-corrected chi connectivity index (χ0v) is 15.3. The van der Waals surface area contributed by atoms with Gasteiger partial charge in [0.2, 0.25) is 5.91 Å². The first-order valence-electron chi connectivity index (χ1n) is 8.74. The maximum atomic E-state index is 11.7. The summed E-state index contributed by atoms with van der Waals surface area (Å²) in [7, 11) is 1.62. The number of imidazole rings is 1. The summed E-state index contributed by atoms with van der Waals surface area (Å²) in [5, 5.41) is 4.36. The number of methoxy groups -OCH3 is 1. The van der Waals surface area contributed by atoms with E-state index in [9.17, 15) is 4.79 Å². The van der Waals surface area contributed by atoms with Crippen LogP contribution in [-0.4, -0.2) is 32.3 Å².